The first-order valence-corrected chi connectivity index (χ1v) is 6.49. The zero-order valence-electron chi connectivity index (χ0n) is 11.3. The van der Waals surface area contributed by atoms with Gasteiger partial charge in [-0.15, -0.1) is 0 Å². The standard InChI is InChI=1S/C14H22N2S/c1-9(2)12-8-6-7-11(5)13(12)16-14(17)15-10(3)4/h6-10H,1-5H3,(H2,15,16,17). The minimum Gasteiger partial charge on any atom is -0.360 e. The molecule has 0 aliphatic heterocycles. The lowest BCUT2D eigenvalue weighted by atomic mass is 9.98. The summed E-state index contributed by atoms with van der Waals surface area (Å²) in [5, 5.41) is 7.21. The van der Waals surface area contributed by atoms with Crippen LogP contribution in [-0.2, 0) is 0 Å². The summed E-state index contributed by atoms with van der Waals surface area (Å²) >= 11 is 5.30. The Balaban J connectivity index is 2.93. The van der Waals surface area contributed by atoms with Gasteiger partial charge in [0.25, 0.3) is 0 Å². The smallest absolute Gasteiger partial charge is 0.170 e. The highest BCUT2D eigenvalue weighted by Crippen LogP contribution is 2.27. The maximum Gasteiger partial charge on any atom is 0.170 e. The van der Waals surface area contributed by atoms with Crippen LogP contribution in [-0.4, -0.2) is 11.2 Å². The highest BCUT2D eigenvalue weighted by atomic mass is 32.1. The largest absolute Gasteiger partial charge is 0.360 e. The van der Waals surface area contributed by atoms with Gasteiger partial charge in [-0.3, -0.25) is 0 Å². The van der Waals surface area contributed by atoms with E-state index < -0.39 is 0 Å². The minimum atomic E-state index is 0.349. The van der Waals surface area contributed by atoms with Crippen molar-refractivity contribution in [1.82, 2.24) is 5.32 Å². The van der Waals surface area contributed by atoms with Gasteiger partial charge in [0.05, 0.1) is 0 Å². The first-order chi connectivity index (χ1) is 7.91. The van der Waals surface area contributed by atoms with Crippen molar-refractivity contribution >= 4 is 23.0 Å². The van der Waals surface area contributed by atoms with Crippen LogP contribution in [0.3, 0.4) is 0 Å². The van der Waals surface area contributed by atoms with Crippen molar-refractivity contribution in [2.24, 2.45) is 0 Å². The number of anilines is 1. The number of nitrogens with one attached hydrogen (secondary N) is 2. The summed E-state index contributed by atoms with van der Waals surface area (Å²) in [4.78, 5) is 0. The quantitative estimate of drug-likeness (QED) is 0.798. The molecule has 0 aliphatic carbocycles. The number of aryl methyl sites for hydroxylation is 1. The van der Waals surface area contributed by atoms with Gasteiger partial charge in [-0.2, -0.15) is 0 Å². The predicted molar refractivity (Wildman–Crippen MR) is 79.8 cm³/mol. The molecule has 0 aromatic heterocycles. The summed E-state index contributed by atoms with van der Waals surface area (Å²) in [5.74, 6) is 0.485. The fourth-order valence-corrected chi connectivity index (χ4v) is 2.09. The highest BCUT2D eigenvalue weighted by molar-refractivity contribution is 7.80. The second-order valence-electron chi connectivity index (χ2n) is 4.95. The third-order valence-electron chi connectivity index (χ3n) is 2.59. The summed E-state index contributed by atoms with van der Waals surface area (Å²) in [5.41, 5.74) is 3.67. The van der Waals surface area contributed by atoms with Gasteiger partial charge in [0.15, 0.2) is 5.11 Å². The Kier molecular flexibility index (Phi) is 4.94. The van der Waals surface area contributed by atoms with Gasteiger partial charge < -0.3 is 10.6 Å². The van der Waals surface area contributed by atoms with E-state index in [0.717, 1.165) is 5.69 Å². The lowest BCUT2D eigenvalue weighted by molar-refractivity contribution is 0.739. The molecule has 0 fully saturated rings. The molecule has 0 unspecified atom stereocenters. The Bertz CT molecular complexity index is 397. The van der Waals surface area contributed by atoms with Crippen LogP contribution in [0.5, 0.6) is 0 Å². The first kappa shape index (κ1) is 14.0. The molecule has 1 rings (SSSR count). The van der Waals surface area contributed by atoms with Gasteiger partial charge in [0, 0.05) is 11.7 Å². The van der Waals surface area contributed by atoms with Crippen LogP contribution in [0.25, 0.3) is 0 Å². The number of benzene rings is 1. The van der Waals surface area contributed by atoms with Crippen molar-refractivity contribution < 1.29 is 0 Å². The van der Waals surface area contributed by atoms with Crippen LogP contribution < -0.4 is 10.6 Å². The van der Waals surface area contributed by atoms with Gasteiger partial charge in [-0.1, -0.05) is 32.0 Å². The molecule has 0 aliphatic rings. The number of para-hydroxylation sites is 1. The molecule has 0 spiro atoms. The molecule has 1 aromatic carbocycles. The average molecular weight is 250 g/mol. The number of hydrogen-bond donors (Lipinski definition) is 2. The molecule has 0 bridgehead atoms. The first-order valence-electron chi connectivity index (χ1n) is 6.08. The Morgan fingerprint density at radius 2 is 1.82 bits per heavy atom. The van der Waals surface area contributed by atoms with E-state index in [0.29, 0.717) is 17.1 Å². The molecule has 2 nitrogen and oxygen atoms in total. The molecule has 0 radical (unpaired) electrons. The second kappa shape index (κ2) is 6.01. The van der Waals surface area contributed by atoms with Crippen LogP contribution in [0.4, 0.5) is 5.69 Å². The topological polar surface area (TPSA) is 24.1 Å². The predicted octanol–water partition coefficient (Wildman–Crippen LogP) is 3.81. The Hall–Kier alpha value is -1.09. The molecule has 0 atom stereocenters. The van der Waals surface area contributed by atoms with E-state index >= 15 is 0 Å². The number of thiocarbonyl (C=S) groups is 1. The van der Waals surface area contributed by atoms with E-state index in [1.807, 2.05) is 0 Å². The van der Waals surface area contributed by atoms with Crippen LogP contribution in [0, 0.1) is 6.92 Å². The fourth-order valence-electron chi connectivity index (χ4n) is 1.75. The molecule has 1 aromatic rings. The van der Waals surface area contributed by atoms with Crippen LogP contribution in [0.15, 0.2) is 18.2 Å². The van der Waals surface area contributed by atoms with E-state index in [-0.39, 0.29) is 0 Å². The molecule has 2 N–H and O–H groups in total. The van der Waals surface area contributed by atoms with Crippen LogP contribution in [0.1, 0.15) is 44.7 Å². The summed E-state index contributed by atoms with van der Waals surface area (Å²) in [6.45, 7) is 10.6. The summed E-state index contributed by atoms with van der Waals surface area (Å²) < 4.78 is 0. The fraction of sp³-hybridized carbons (Fsp3) is 0.500. The molecule has 0 amide bonds. The van der Waals surface area contributed by atoms with E-state index in [4.69, 9.17) is 12.2 Å². The van der Waals surface area contributed by atoms with Crippen molar-refractivity contribution in [2.75, 3.05) is 5.32 Å². The molecule has 0 heterocycles. The van der Waals surface area contributed by atoms with Gasteiger partial charge in [-0.05, 0) is 50.0 Å². The third kappa shape index (κ3) is 4.00. The SMILES string of the molecule is Cc1cccc(C(C)C)c1NC(=S)NC(C)C. The minimum absolute atomic E-state index is 0.349. The number of hydrogen-bond acceptors (Lipinski definition) is 1. The third-order valence-corrected chi connectivity index (χ3v) is 2.81. The summed E-state index contributed by atoms with van der Waals surface area (Å²) in [6, 6.07) is 6.69. The maximum absolute atomic E-state index is 5.30. The molecular formula is C14H22N2S. The Morgan fingerprint density at radius 1 is 1.18 bits per heavy atom. The van der Waals surface area contributed by atoms with Gasteiger partial charge in [-0.25, -0.2) is 0 Å². The molecular weight excluding hydrogens is 228 g/mol. The molecule has 17 heavy (non-hydrogen) atoms. The molecule has 0 saturated carbocycles. The second-order valence-corrected chi connectivity index (χ2v) is 5.36. The molecule has 3 heteroatoms. The van der Waals surface area contributed by atoms with Gasteiger partial charge in [0.2, 0.25) is 0 Å². The highest BCUT2D eigenvalue weighted by Gasteiger charge is 2.10. The zero-order chi connectivity index (χ0) is 13.0. The van der Waals surface area contributed by atoms with Gasteiger partial charge in [0.1, 0.15) is 0 Å². The molecule has 94 valence electrons. The summed E-state index contributed by atoms with van der Waals surface area (Å²) in [6.07, 6.45) is 0. The van der Waals surface area contributed by atoms with Crippen LogP contribution >= 0.6 is 12.2 Å². The molecule has 0 saturated heterocycles. The normalized spacial score (nSPS) is 10.8. The Labute approximate surface area is 110 Å². The van der Waals surface area contributed by atoms with Crippen molar-refractivity contribution in [1.29, 1.82) is 0 Å². The summed E-state index contributed by atoms with van der Waals surface area (Å²) in [7, 11) is 0. The van der Waals surface area contributed by atoms with Crippen molar-refractivity contribution in [3.05, 3.63) is 29.3 Å². The Morgan fingerprint density at radius 3 is 2.35 bits per heavy atom. The van der Waals surface area contributed by atoms with E-state index in [1.54, 1.807) is 0 Å². The van der Waals surface area contributed by atoms with E-state index in [2.05, 4.69) is 63.5 Å². The van der Waals surface area contributed by atoms with E-state index in [1.165, 1.54) is 11.1 Å². The van der Waals surface area contributed by atoms with Gasteiger partial charge >= 0.3 is 0 Å². The lowest BCUT2D eigenvalue weighted by Crippen LogP contribution is -2.34. The van der Waals surface area contributed by atoms with E-state index in [9.17, 15) is 0 Å². The lowest BCUT2D eigenvalue weighted by Gasteiger charge is -2.19. The van der Waals surface area contributed by atoms with Crippen molar-refractivity contribution in [3.63, 3.8) is 0 Å². The van der Waals surface area contributed by atoms with Crippen LogP contribution in [0.2, 0.25) is 0 Å². The maximum atomic E-state index is 5.30. The monoisotopic (exact) mass is 250 g/mol. The van der Waals surface area contributed by atoms with Crippen molar-refractivity contribution in [2.45, 2.75) is 46.6 Å². The average Bonchev–Trinajstić information content (AvgIpc) is 2.19. The number of rotatable bonds is 3. The van der Waals surface area contributed by atoms with Crippen molar-refractivity contribution in [3.8, 4) is 0 Å². The zero-order valence-corrected chi connectivity index (χ0v) is 12.1.